The molecule has 0 saturated carbocycles. The van der Waals surface area contributed by atoms with Crippen molar-refractivity contribution >= 4 is 23.3 Å². The summed E-state index contributed by atoms with van der Waals surface area (Å²) in [5, 5.41) is 15.8. The molecule has 0 atom stereocenters. The van der Waals surface area contributed by atoms with Crippen molar-refractivity contribution in [1.82, 2.24) is 14.6 Å². The second kappa shape index (κ2) is 7.64. The molecule has 2 N–H and O–H groups in total. The van der Waals surface area contributed by atoms with Crippen molar-refractivity contribution < 1.29 is 19.4 Å². The van der Waals surface area contributed by atoms with Gasteiger partial charge in [-0.3, -0.25) is 9.59 Å². The van der Waals surface area contributed by atoms with E-state index in [-0.39, 0.29) is 25.2 Å². The summed E-state index contributed by atoms with van der Waals surface area (Å²) in [6.07, 6.45) is 1.99. The summed E-state index contributed by atoms with van der Waals surface area (Å²) in [5.74, 6) is -0.0764. The number of nitrogens with zero attached hydrogens (tertiary/aromatic N) is 3. The van der Waals surface area contributed by atoms with E-state index in [0.717, 1.165) is 17.0 Å². The third-order valence-electron chi connectivity index (χ3n) is 3.75. The predicted molar refractivity (Wildman–Crippen MR) is 95.1 cm³/mol. The second-order valence-corrected chi connectivity index (χ2v) is 5.67. The quantitative estimate of drug-likeness (QED) is 0.675. The van der Waals surface area contributed by atoms with Gasteiger partial charge in [0.05, 0.1) is 19.0 Å². The van der Waals surface area contributed by atoms with Crippen LogP contribution in [0, 0.1) is 0 Å². The maximum Gasteiger partial charge on any atom is 0.303 e. The third-order valence-corrected chi connectivity index (χ3v) is 3.75. The van der Waals surface area contributed by atoms with Crippen LogP contribution in [0.2, 0.25) is 0 Å². The van der Waals surface area contributed by atoms with Crippen LogP contribution in [0.15, 0.2) is 42.6 Å². The lowest BCUT2D eigenvalue weighted by Crippen LogP contribution is -2.12. The highest BCUT2D eigenvalue weighted by molar-refractivity contribution is 5.90. The summed E-state index contributed by atoms with van der Waals surface area (Å²) >= 11 is 0. The van der Waals surface area contributed by atoms with Gasteiger partial charge in [-0.1, -0.05) is 12.1 Å². The molecule has 0 aliphatic rings. The third kappa shape index (κ3) is 4.15. The van der Waals surface area contributed by atoms with Gasteiger partial charge >= 0.3 is 5.97 Å². The van der Waals surface area contributed by atoms with Gasteiger partial charge in [0, 0.05) is 18.4 Å². The fourth-order valence-electron chi connectivity index (χ4n) is 2.48. The van der Waals surface area contributed by atoms with E-state index in [1.165, 1.54) is 0 Å². The summed E-state index contributed by atoms with van der Waals surface area (Å²) in [6.45, 7) is 0. The van der Waals surface area contributed by atoms with Gasteiger partial charge in [0.2, 0.25) is 5.91 Å². The van der Waals surface area contributed by atoms with Crippen LogP contribution in [0.5, 0.6) is 5.75 Å². The molecule has 0 unspecified atom stereocenters. The van der Waals surface area contributed by atoms with E-state index in [0.29, 0.717) is 11.5 Å². The van der Waals surface area contributed by atoms with Crippen molar-refractivity contribution in [3.05, 3.63) is 42.6 Å². The Kier molecular flexibility index (Phi) is 5.12. The molecule has 0 radical (unpaired) electrons. The molecule has 0 saturated heterocycles. The average Bonchev–Trinajstić information content (AvgIpc) is 3.02. The summed E-state index contributed by atoms with van der Waals surface area (Å²) in [4.78, 5) is 26.6. The lowest BCUT2D eigenvalue weighted by molar-refractivity contribution is -0.137. The van der Waals surface area contributed by atoms with Crippen LogP contribution in [-0.4, -0.2) is 38.7 Å². The minimum atomic E-state index is -0.917. The van der Waals surface area contributed by atoms with E-state index in [1.54, 1.807) is 17.8 Å². The zero-order valence-corrected chi connectivity index (χ0v) is 14.2. The first-order valence-electron chi connectivity index (χ1n) is 8.07. The van der Waals surface area contributed by atoms with Gasteiger partial charge in [-0.25, -0.2) is 9.50 Å². The lowest BCUT2D eigenvalue weighted by atomic mass is 10.1. The number of carbonyl (C=O) groups is 2. The van der Waals surface area contributed by atoms with E-state index >= 15 is 0 Å². The monoisotopic (exact) mass is 354 g/mol. The van der Waals surface area contributed by atoms with Gasteiger partial charge in [0.15, 0.2) is 11.5 Å². The molecule has 0 bridgehead atoms. The Balaban J connectivity index is 1.75. The molecule has 0 aliphatic heterocycles. The number of aromatic nitrogens is 3. The largest absolute Gasteiger partial charge is 0.497 e. The highest BCUT2D eigenvalue weighted by Gasteiger charge is 2.09. The number of benzene rings is 1. The van der Waals surface area contributed by atoms with E-state index < -0.39 is 5.97 Å². The van der Waals surface area contributed by atoms with Gasteiger partial charge in [-0.05, 0) is 30.7 Å². The first-order valence-corrected chi connectivity index (χ1v) is 8.07. The molecular weight excluding hydrogens is 336 g/mol. The van der Waals surface area contributed by atoms with Crippen LogP contribution >= 0.6 is 0 Å². The second-order valence-electron chi connectivity index (χ2n) is 5.67. The fourth-order valence-corrected chi connectivity index (χ4v) is 2.48. The van der Waals surface area contributed by atoms with Crippen molar-refractivity contribution in [2.24, 2.45) is 0 Å². The Hall–Kier alpha value is -3.42. The number of carbonyl (C=O) groups excluding carboxylic acids is 1. The highest BCUT2D eigenvalue weighted by Crippen LogP contribution is 2.22. The minimum Gasteiger partial charge on any atom is -0.497 e. The van der Waals surface area contributed by atoms with Crippen LogP contribution in [0.1, 0.15) is 19.3 Å². The molecular formula is C18H18N4O4. The Morgan fingerprint density at radius 2 is 2.08 bits per heavy atom. The Bertz CT molecular complexity index is 951. The molecule has 3 aromatic rings. The molecule has 0 fully saturated rings. The Labute approximate surface area is 149 Å². The van der Waals surface area contributed by atoms with Gasteiger partial charge < -0.3 is 15.2 Å². The molecule has 0 spiro atoms. The van der Waals surface area contributed by atoms with Crippen LogP contribution in [-0.2, 0) is 9.59 Å². The number of methoxy groups -OCH3 is 1. The van der Waals surface area contributed by atoms with Crippen LogP contribution in [0.3, 0.4) is 0 Å². The van der Waals surface area contributed by atoms with Crippen molar-refractivity contribution in [2.75, 3.05) is 12.4 Å². The standard InChI is InChI=1S/C18H18N4O4/c1-26-13-5-2-4-12(10-13)14-8-9-16-19-15(11-22(16)21-14)20-17(23)6-3-7-18(24)25/h2,4-5,8-11H,3,6-7H2,1H3,(H,20,23)(H,24,25). The van der Waals surface area contributed by atoms with Gasteiger partial charge in [0.1, 0.15) is 5.75 Å². The van der Waals surface area contributed by atoms with Crippen molar-refractivity contribution in [2.45, 2.75) is 19.3 Å². The Morgan fingerprint density at radius 1 is 1.23 bits per heavy atom. The molecule has 3 rings (SSSR count). The summed E-state index contributed by atoms with van der Waals surface area (Å²) in [5.41, 5.74) is 2.24. The van der Waals surface area contributed by atoms with E-state index in [9.17, 15) is 9.59 Å². The molecule has 8 heteroatoms. The SMILES string of the molecule is COc1cccc(-c2ccc3nc(NC(=O)CCCC(=O)O)cn3n2)c1. The number of rotatable bonds is 7. The summed E-state index contributed by atoms with van der Waals surface area (Å²) in [7, 11) is 1.61. The van der Waals surface area contributed by atoms with Gasteiger partial charge in [-0.15, -0.1) is 0 Å². The number of carboxylic acid groups (broad SMARTS) is 1. The minimum absolute atomic E-state index is 0.0377. The first-order chi connectivity index (χ1) is 12.5. The molecule has 26 heavy (non-hydrogen) atoms. The topological polar surface area (TPSA) is 106 Å². The predicted octanol–water partition coefficient (Wildman–Crippen LogP) is 2.60. The number of anilines is 1. The van der Waals surface area contributed by atoms with E-state index in [1.807, 2.05) is 36.4 Å². The summed E-state index contributed by atoms with van der Waals surface area (Å²) in [6, 6.07) is 11.2. The maximum absolute atomic E-state index is 11.8. The zero-order chi connectivity index (χ0) is 18.5. The maximum atomic E-state index is 11.8. The van der Waals surface area contributed by atoms with Crippen LogP contribution in [0.25, 0.3) is 16.9 Å². The molecule has 2 aromatic heterocycles. The number of hydrogen-bond acceptors (Lipinski definition) is 5. The van der Waals surface area contributed by atoms with Crippen molar-refractivity contribution in [1.29, 1.82) is 0 Å². The smallest absolute Gasteiger partial charge is 0.303 e. The number of nitrogens with one attached hydrogen (secondary N) is 1. The zero-order valence-electron chi connectivity index (χ0n) is 14.2. The summed E-state index contributed by atoms with van der Waals surface area (Å²) < 4.78 is 6.81. The normalized spacial score (nSPS) is 10.7. The van der Waals surface area contributed by atoms with E-state index in [2.05, 4.69) is 15.4 Å². The van der Waals surface area contributed by atoms with E-state index in [4.69, 9.17) is 9.84 Å². The molecule has 0 aliphatic carbocycles. The van der Waals surface area contributed by atoms with Gasteiger partial charge in [-0.2, -0.15) is 5.10 Å². The Morgan fingerprint density at radius 3 is 2.85 bits per heavy atom. The number of imidazole rings is 1. The number of hydrogen-bond donors (Lipinski definition) is 2. The molecule has 134 valence electrons. The number of aliphatic carboxylic acids is 1. The molecule has 1 amide bonds. The van der Waals surface area contributed by atoms with Crippen molar-refractivity contribution in [3.8, 4) is 17.0 Å². The number of ether oxygens (including phenoxy) is 1. The first kappa shape index (κ1) is 17.4. The molecule has 8 nitrogen and oxygen atoms in total. The lowest BCUT2D eigenvalue weighted by Gasteiger charge is -2.04. The molecule has 2 heterocycles. The molecule has 1 aromatic carbocycles. The van der Waals surface area contributed by atoms with Gasteiger partial charge in [0.25, 0.3) is 0 Å². The van der Waals surface area contributed by atoms with Crippen molar-refractivity contribution in [3.63, 3.8) is 0 Å². The number of fused-ring (bicyclic) bond motifs is 1. The number of carboxylic acids is 1. The average molecular weight is 354 g/mol. The number of amides is 1. The van der Waals surface area contributed by atoms with Crippen LogP contribution in [0.4, 0.5) is 5.82 Å². The highest BCUT2D eigenvalue weighted by atomic mass is 16.5. The van der Waals surface area contributed by atoms with Crippen LogP contribution < -0.4 is 10.1 Å². The fraction of sp³-hybridized carbons (Fsp3) is 0.222.